The van der Waals surface area contributed by atoms with Gasteiger partial charge in [-0.15, -0.1) is 0 Å². The zero-order valence-electron chi connectivity index (χ0n) is 13.1. The SMILES string of the molecule is C=CCOc1ccc(C=C2C(=O)C(C)(C)OC2(C)C)cc1. The van der Waals surface area contributed by atoms with Crippen LogP contribution in [0.4, 0.5) is 0 Å². The summed E-state index contributed by atoms with van der Waals surface area (Å²) in [6.07, 6.45) is 3.60. The molecule has 1 saturated heterocycles. The molecule has 21 heavy (non-hydrogen) atoms. The van der Waals surface area contributed by atoms with Crippen molar-refractivity contribution >= 4 is 11.9 Å². The van der Waals surface area contributed by atoms with Crippen molar-refractivity contribution < 1.29 is 14.3 Å². The minimum Gasteiger partial charge on any atom is -0.490 e. The Morgan fingerprint density at radius 3 is 2.24 bits per heavy atom. The summed E-state index contributed by atoms with van der Waals surface area (Å²) in [7, 11) is 0. The van der Waals surface area contributed by atoms with Crippen molar-refractivity contribution in [3.63, 3.8) is 0 Å². The van der Waals surface area contributed by atoms with Crippen molar-refractivity contribution in [3.05, 3.63) is 48.1 Å². The van der Waals surface area contributed by atoms with Crippen LogP contribution in [-0.2, 0) is 9.53 Å². The molecule has 1 aromatic rings. The van der Waals surface area contributed by atoms with E-state index in [2.05, 4.69) is 6.58 Å². The third-order valence-corrected chi connectivity index (χ3v) is 3.51. The Kier molecular flexibility index (Phi) is 4.06. The van der Waals surface area contributed by atoms with E-state index in [4.69, 9.17) is 9.47 Å². The van der Waals surface area contributed by atoms with Crippen LogP contribution in [0.2, 0.25) is 0 Å². The van der Waals surface area contributed by atoms with E-state index >= 15 is 0 Å². The van der Waals surface area contributed by atoms with Crippen LogP contribution in [0.3, 0.4) is 0 Å². The minimum absolute atomic E-state index is 0.0412. The molecular formula is C18H22O3. The van der Waals surface area contributed by atoms with Crippen LogP contribution in [0, 0.1) is 0 Å². The number of hydrogen-bond donors (Lipinski definition) is 0. The molecule has 0 atom stereocenters. The fraction of sp³-hybridized carbons (Fsp3) is 0.389. The topological polar surface area (TPSA) is 35.5 Å². The highest BCUT2D eigenvalue weighted by Crippen LogP contribution is 2.39. The van der Waals surface area contributed by atoms with E-state index in [1.54, 1.807) is 6.08 Å². The fourth-order valence-electron chi connectivity index (χ4n) is 2.56. The molecule has 0 aliphatic carbocycles. The molecule has 0 amide bonds. The van der Waals surface area contributed by atoms with Gasteiger partial charge in [-0.05, 0) is 51.5 Å². The Bertz CT molecular complexity index is 577. The second-order valence-electron chi connectivity index (χ2n) is 6.18. The van der Waals surface area contributed by atoms with Gasteiger partial charge in [-0.2, -0.15) is 0 Å². The summed E-state index contributed by atoms with van der Waals surface area (Å²) in [4.78, 5) is 12.4. The average Bonchev–Trinajstić information content (AvgIpc) is 2.56. The van der Waals surface area contributed by atoms with Crippen LogP contribution in [0.5, 0.6) is 5.75 Å². The van der Waals surface area contributed by atoms with Crippen molar-refractivity contribution in [2.75, 3.05) is 6.61 Å². The number of benzene rings is 1. The Morgan fingerprint density at radius 2 is 1.76 bits per heavy atom. The highest BCUT2D eigenvalue weighted by Gasteiger charge is 2.49. The van der Waals surface area contributed by atoms with Crippen LogP contribution in [0.15, 0.2) is 42.5 Å². The van der Waals surface area contributed by atoms with Gasteiger partial charge in [-0.25, -0.2) is 0 Å². The molecule has 1 aliphatic rings. The van der Waals surface area contributed by atoms with Gasteiger partial charge in [0.05, 0.1) is 5.60 Å². The highest BCUT2D eigenvalue weighted by molar-refractivity contribution is 6.08. The molecule has 0 aromatic heterocycles. The summed E-state index contributed by atoms with van der Waals surface area (Å²) >= 11 is 0. The van der Waals surface area contributed by atoms with Crippen molar-refractivity contribution in [2.45, 2.75) is 38.9 Å². The number of ether oxygens (including phenoxy) is 2. The summed E-state index contributed by atoms with van der Waals surface area (Å²) in [5, 5.41) is 0. The second-order valence-corrected chi connectivity index (χ2v) is 6.18. The quantitative estimate of drug-likeness (QED) is 0.624. The predicted octanol–water partition coefficient (Wildman–Crippen LogP) is 3.79. The largest absolute Gasteiger partial charge is 0.490 e. The van der Waals surface area contributed by atoms with E-state index in [1.807, 2.05) is 58.0 Å². The molecule has 1 fully saturated rings. The number of carbonyl (C=O) groups excluding carboxylic acids is 1. The van der Waals surface area contributed by atoms with Gasteiger partial charge in [0, 0.05) is 5.57 Å². The lowest BCUT2D eigenvalue weighted by Crippen LogP contribution is -2.29. The lowest BCUT2D eigenvalue weighted by Gasteiger charge is -2.22. The molecule has 1 heterocycles. The zero-order valence-corrected chi connectivity index (χ0v) is 13.1. The van der Waals surface area contributed by atoms with Crippen molar-refractivity contribution in [3.8, 4) is 5.75 Å². The predicted molar refractivity (Wildman–Crippen MR) is 84.4 cm³/mol. The molecule has 0 bridgehead atoms. The summed E-state index contributed by atoms with van der Waals surface area (Å²) in [6, 6.07) is 7.63. The van der Waals surface area contributed by atoms with Crippen molar-refractivity contribution in [2.24, 2.45) is 0 Å². The maximum atomic E-state index is 12.4. The number of rotatable bonds is 4. The smallest absolute Gasteiger partial charge is 0.192 e. The molecule has 1 aliphatic heterocycles. The van der Waals surface area contributed by atoms with E-state index < -0.39 is 11.2 Å². The molecule has 0 spiro atoms. The van der Waals surface area contributed by atoms with Crippen LogP contribution >= 0.6 is 0 Å². The monoisotopic (exact) mass is 286 g/mol. The molecule has 3 heteroatoms. The van der Waals surface area contributed by atoms with Crippen LogP contribution in [0.25, 0.3) is 6.08 Å². The summed E-state index contributed by atoms with van der Waals surface area (Å²) in [5.41, 5.74) is 0.326. The number of Topliss-reactive ketones (excluding diaryl/α,β-unsaturated/α-hetero) is 1. The minimum atomic E-state index is -0.762. The van der Waals surface area contributed by atoms with Crippen LogP contribution in [0.1, 0.15) is 33.3 Å². The first kappa shape index (κ1) is 15.5. The standard InChI is InChI=1S/C18H22O3/c1-6-11-20-14-9-7-13(8-10-14)12-15-16(19)18(4,5)21-17(15,2)3/h6-10,12H,1,11H2,2-5H3. The number of hydrogen-bond acceptors (Lipinski definition) is 3. The Hall–Kier alpha value is -1.87. The van der Waals surface area contributed by atoms with Gasteiger partial charge in [0.15, 0.2) is 5.78 Å². The summed E-state index contributed by atoms with van der Waals surface area (Å²) < 4.78 is 11.3. The van der Waals surface area contributed by atoms with Gasteiger partial charge in [0.1, 0.15) is 18.0 Å². The van der Waals surface area contributed by atoms with Gasteiger partial charge in [0.25, 0.3) is 0 Å². The lowest BCUT2D eigenvalue weighted by atomic mass is 9.91. The summed E-state index contributed by atoms with van der Waals surface area (Å²) in [6.45, 7) is 11.6. The normalized spacial score (nSPS) is 21.5. The average molecular weight is 286 g/mol. The van der Waals surface area contributed by atoms with E-state index in [-0.39, 0.29) is 5.78 Å². The first-order valence-corrected chi connectivity index (χ1v) is 7.07. The molecule has 0 radical (unpaired) electrons. The first-order chi connectivity index (χ1) is 9.76. The molecular weight excluding hydrogens is 264 g/mol. The van der Waals surface area contributed by atoms with E-state index in [9.17, 15) is 4.79 Å². The summed E-state index contributed by atoms with van der Waals surface area (Å²) in [5.74, 6) is 0.824. The van der Waals surface area contributed by atoms with Crippen LogP contribution < -0.4 is 4.74 Å². The first-order valence-electron chi connectivity index (χ1n) is 7.07. The van der Waals surface area contributed by atoms with Gasteiger partial charge < -0.3 is 9.47 Å². The molecule has 1 aromatic carbocycles. The Balaban J connectivity index is 2.26. The molecule has 2 rings (SSSR count). The maximum Gasteiger partial charge on any atom is 0.192 e. The molecule has 112 valence electrons. The third kappa shape index (κ3) is 3.24. The number of carbonyl (C=O) groups is 1. The van der Waals surface area contributed by atoms with E-state index in [0.29, 0.717) is 12.2 Å². The van der Waals surface area contributed by atoms with Gasteiger partial charge in [0.2, 0.25) is 0 Å². The van der Waals surface area contributed by atoms with Crippen molar-refractivity contribution in [1.29, 1.82) is 0 Å². The zero-order chi connectivity index (χ0) is 15.7. The maximum absolute atomic E-state index is 12.4. The number of ketones is 1. The Morgan fingerprint density at radius 1 is 1.14 bits per heavy atom. The van der Waals surface area contributed by atoms with Gasteiger partial charge in [-0.1, -0.05) is 24.8 Å². The van der Waals surface area contributed by atoms with Crippen LogP contribution in [-0.4, -0.2) is 23.6 Å². The van der Waals surface area contributed by atoms with E-state index in [1.165, 1.54) is 0 Å². The molecule has 0 N–H and O–H groups in total. The molecule has 0 saturated carbocycles. The highest BCUT2D eigenvalue weighted by atomic mass is 16.5. The molecule has 0 unspecified atom stereocenters. The van der Waals surface area contributed by atoms with E-state index in [0.717, 1.165) is 11.3 Å². The Labute approximate surface area is 126 Å². The lowest BCUT2D eigenvalue weighted by molar-refractivity contribution is -0.132. The fourth-order valence-corrected chi connectivity index (χ4v) is 2.56. The third-order valence-electron chi connectivity index (χ3n) is 3.51. The van der Waals surface area contributed by atoms with Gasteiger partial charge >= 0.3 is 0 Å². The van der Waals surface area contributed by atoms with Crippen molar-refractivity contribution in [1.82, 2.24) is 0 Å². The van der Waals surface area contributed by atoms with Gasteiger partial charge in [-0.3, -0.25) is 4.79 Å². The second kappa shape index (κ2) is 5.49. The molecule has 3 nitrogen and oxygen atoms in total.